The van der Waals surface area contributed by atoms with Crippen LogP contribution in [0.15, 0.2) is 18.2 Å². The van der Waals surface area contributed by atoms with Crippen molar-refractivity contribution in [3.05, 3.63) is 29.6 Å². The van der Waals surface area contributed by atoms with Crippen molar-refractivity contribution in [3.8, 4) is 0 Å². The van der Waals surface area contributed by atoms with Crippen molar-refractivity contribution in [1.82, 2.24) is 4.31 Å². The maximum Gasteiger partial charge on any atom is 0.150 e. The van der Waals surface area contributed by atoms with Crippen LogP contribution in [0, 0.1) is 11.2 Å². The number of anilines is 1. The smallest absolute Gasteiger partial charge is 0.150 e. The summed E-state index contributed by atoms with van der Waals surface area (Å²) < 4.78 is 34.4. The third kappa shape index (κ3) is 4.34. The van der Waals surface area contributed by atoms with Gasteiger partial charge in [-0.15, -0.1) is 4.31 Å². The van der Waals surface area contributed by atoms with Crippen molar-refractivity contribution in [2.24, 2.45) is 0 Å². The molecule has 0 spiro atoms. The second kappa shape index (κ2) is 8.49. The minimum absolute atomic E-state index is 0.138. The highest BCUT2D eigenvalue weighted by Crippen LogP contribution is 2.29. The lowest BCUT2D eigenvalue weighted by molar-refractivity contribution is -0.0453. The van der Waals surface area contributed by atoms with Crippen LogP contribution < -0.4 is 4.90 Å². The summed E-state index contributed by atoms with van der Waals surface area (Å²) in [7, 11) is 0. The first-order chi connectivity index (χ1) is 12.1. The Labute approximate surface area is 152 Å². The lowest BCUT2D eigenvalue weighted by Gasteiger charge is -2.43. The second-order valence-corrected chi connectivity index (χ2v) is 8.30. The Morgan fingerprint density at radius 3 is 2.68 bits per heavy atom. The molecule has 2 saturated heterocycles. The van der Waals surface area contributed by atoms with E-state index in [2.05, 4.69) is 0 Å². The molecule has 0 aliphatic carbocycles. The maximum atomic E-state index is 14.4. The molecule has 0 aromatic heterocycles. The quantitative estimate of drug-likeness (QED) is 0.594. The van der Waals surface area contributed by atoms with Gasteiger partial charge >= 0.3 is 0 Å². The van der Waals surface area contributed by atoms with E-state index in [-0.39, 0.29) is 18.0 Å². The lowest BCUT2D eigenvalue weighted by atomic mass is 10.0. The second-order valence-electron chi connectivity index (χ2n) is 6.56. The van der Waals surface area contributed by atoms with Gasteiger partial charge in [0.05, 0.1) is 17.9 Å². The molecule has 0 amide bonds. The zero-order valence-corrected chi connectivity index (χ0v) is 15.4. The predicted molar refractivity (Wildman–Crippen MR) is 99.3 cm³/mol. The number of hydrogen-bond donors (Lipinski definition) is 1. The fraction of sp³-hybridized carbons (Fsp3) is 0.611. The Hall–Kier alpha value is -1.15. The van der Waals surface area contributed by atoms with E-state index < -0.39 is 11.4 Å². The van der Waals surface area contributed by atoms with E-state index in [9.17, 15) is 8.94 Å². The Morgan fingerprint density at radius 1 is 1.32 bits per heavy atom. The topological polar surface area (TPSA) is 62.6 Å². The lowest BCUT2D eigenvalue weighted by Crippen LogP contribution is -2.55. The highest BCUT2D eigenvalue weighted by molar-refractivity contribution is 7.89. The molecule has 1 aromatic carbocycles. The number of benzene rings is 1. The van der Waals surface area contributed by atoms with Crippen LogP contribution >= 0.6 is 0 Å². The van der Waals surface area contributed by atoms with Gasteiger partial charge in [0.2, 0.25) is 0 Å². The van der Waals surface area contributed by atoms with Crippen molar-refractivity contribution in [2.45, 2.75) is 38.4 Å². The molecular weight excluding hydrogens is 341 g/mol. The average Bonchev–Trinajstić information content (AvgIpc) is 2.60. The zero-order valence-electron chi connectivity index (χ0n) is 14.6. The van der Waals surface area contributed by atoms with Crippen LogP contribution in [-0.2, 0) is 22.5 Å². The van der Waals surface area contributed by atoms with Gasteiger partial charge in [-0.05, 0) is 37.6 Å². The fourth-order valence-electron chi connectivity index (χ4n) is 3.43. The molecule has 25 heavy (non-hydrogen) atoms. The van der Waals surface area contributed by atoms with Gasteiger partial charge in [-0.1, -0.05) is 12.1 Å². The number of halogens is 1. The maximum absolute atomic E-state index is 14.4. The molecule has 1 aromatic rings. The highest BCUT2D eigenvalue weighted by Gasteiger charge is 2.34. The number of hydrogen-bond acceptors (Lipinski definition) is 5. The van der Waals surface area contributed by atoms with Gasteiger partial charge in [0.15, 0.2) is 0 Å². The van der Waals surface area contributed by atoms with Crippen LogP contribution in [-0.4, -0.2) is 59.2 Å². The van der Waals surface area contributed by atoms with Crippen molar-refractivity contribution < 1.29 is 13.7 Å². The summed E-state index contributed by atoms with van der Waals surface area (Å²) in [6.07, 6.45) is 3.72. The number of ether oxygens (including phenoxy) is 1. The van der Waals surface area contributed by atoms with Crippen LogP contribution in [0.2, 0.25) is 0 Å². The summed E-state index contributed by atoms with van der Waals surface area (Å²) >= 11 is -0.854. The first-order valence-corrected chi connectivity index (χ1v) is 10.2. The van der Waals surface area contributed by atoms with Gasteiger partial charge in [0.1, 0.15) is 11.6 Å². The largest absolute Gasteiger partial charge is 0.598 e. The minimum atomic E-state index is -0.854. The van der Waals surface area contributed by atoms with Crippen molar-refractivity contribution in [2.75, 3.05) is 36.8 Å². The van der Waals surface area contributed by atoms with Gasteiger partial charge in [0, 0.05) is 44.0 Å². The van der Waals surface area contributed by atoms with Crippen molar-refractivity contribution in [1.29, 1.82) is 5.41 Å². The molecule has 1 unspecified atom stereocenters. The molecule has 2 aliphatic rings. The zero-order chi connectivity index (χ0) is 17.8. The third-order valence-electron chi connectivity index (χ3n) is 4.89. The SMILES string of the molecule is CC[S+]([O-])N1CCC(OC2CN(c3cccc(CC=N)c3F)C2)CC1. The summed E-state index contributed by atoms with van der Waals surface area (Å²) in [5.74, 6) is 0.450. The van der Waals surface area contributed by atoms with Gasteiger partial charge in [-0.2, -0.15) is 0 Å². The molecule has 2 aliphatic heterocycles. The number of rotatable bonds is 7. The molecule has 2 fully saturated rings. The Kier molecular flexibility index (Phi) is 6.33. The summed E-state index contributed by atoms with van der Waals surface area (Å²) in [6, 6.07) is 5.36. The average molecular weight is 367 g/mol. The summed E-state index contributed by atoms with van der Waals surface area (Å²) in [4.78, 5) is 1.99. The summed E-state index contributed by atoms with van der Waals surface area (Å²) in [5, 5.41) is 7.15. The standard InChI is InChI=1S/C18H26FN3O2S/c1-2-25(23)22-10-7-15(8-11-22)24-16-12-21(13-16)17-5-3-4-14(6-9-20)18(17)19/h3-5,9,15-16,20H,2,6-8,10-13H2,1H3. The van der Waals surface area contributed by atoms with Crippen molar-refractivity contribution >= 4 is 23.3 Å². The molecule has 3 rings (SSSR count). The minimum Gasteiger partial charge on any atom is -0.598 e. The van der Waals surface area contributed by atoms with Crippen molar-refractivity contribution in [3.63, 3.8) is 0 Å². The molecule has 0 saturated carbocycles. The molecule has 0 bridgehead atoms. The number of nitrogens with one attached hydrogen (secondary N) is 1. The normalized spacial score (nSPS) is 21.2. The highest BCUT2D eigenvalue weighted by atomic mass is 32.2. The molecule has 5 nitrogen and oxygen atoms in total. The van der Waals surface area contributed by atoms with Gasteiger partial charge in [-0.25, -0.2) is 4.39 Å². The molecule has 1 atom stereocenters. The molecule has 1 N–H and O–H groups in total. The Balaban J connectivity index is 1.46. The van der Waals surface area contributed by atoms with Crippen LogP contribution in [0.4, 0.5) is 10.1 Å². The van der Waals surface area contributed by atoms with E-state index in [0.717, 1.165) is 25.9 Å². The van der Waals surface area contributed by atoms with Crippen LogP contribution in [0.1, 0.15) is 25.3 Å². The number of piperidine rings is 1. The van der Waals surface area contributed by atoms with E-state index in [1.807, 2.05) is 22.2 Å². The Bertz CT molecular complexity index is 590. The third-order valence-corrected chi connectivity index (χ3v) is 6.32. The molecule has 0 radical (unpaired) electrons. The van der Waals surface area contributed by atoms with Gasteiger partial charge < -0.3 is 19.6 Å². The molecule has 138 valence electrons. The predicted octanol–water partition coefficient (Wildman–Crippen LogP) is 2.37. The van der Waals surface area contributed by atoms with Crippen LogP contribution in [0.25, 0.3) is 0 Å². The summed E-state index contributed by atoms with van der Waals surface area (Å²) in [5.41, 5.74) is 1.17. The van der Waals surface area contributed by atoms with E-state index >= 15 is 0 Å². The Morgan fingerprint density at radius 2 is 2.04 bits per heavy atom. The first-order valence-electron chi connectivity index (χ1n) is 8.92. The molecular formula is C18H26FN3O2S. The van der Waals surface area contributed by atoms with E-state index in [1.54, 1.807) is 12.1 Å². The van der Waals surface area contributed by atoms with E-state index in [0.29, 0.717) is 36.5 Å². The van der Waals surface area contributed by atoms with Crippen LogP contribution in [0.5, 0.6) is 0 Å². The first kappa shape index (κ1) is 18.6. The van der Waals surface area contributed by atoms with Crippen LogP contribution in [0.3, 0.4) is 0 Å². The van der Waals surface area contributed by atoms with E-state index in [4.69, 9.17) is 10.1 Å². The van der Waals surface area contributed by atoms with E-state index in [1.165, 1.54) is 6.21 Å². The van der Waals surface area contributed by atoms with Gasteiger partial charge in [0.25, 0.3) is 0 Å². The van der Waals surface area contributed by atoms with Gasteiger partial charge in [-0.3, -0.25) is 0 Å². The molecule has 7 heteroatoms. The summed E-state index contributed by atoms with van der Waals surface area (Å²) in [6.45, 7) is 4.99. The molecule has 2 heterocycles. The monoisotopic (exact) mass is 367 g/mol. The fourth-order valence-corrected chi connectivity index (χ4v) is 4.41. The number of nitrogens with zero attached hydrogens (tertiary/aromatic N) is 2.